The second kappa shape index (κ2) is 4.06. The normalized spacial score (nSPS) is 15.1. The molecule has 0 saturated heterocycles. The third-order valence-corrected chi connectivity index (χ3v) is 3.78. The molecule has 0 fully saturated rings. The first-order chi connectivity index (χ1) is 6.28. The van der Waals surface area contributed by atoms with E-state index < -0.39 is 10.0 Å². The molecule has 0 aromatic heterocycles. The second-order valence-corrected chi connectivity index (χ2v) is 8.46. The van der Waals surface area contributed by atoms with E-state index in [0.717, 1.165) is 0 Å². The summed E-state index contributed by atoms with van der Waals surface area (Å²) >= 11 is 0. The average molecular weight is 235 g/mol. The van der Waals surface area contributed by atoms with Crippen LogP contribution in [0.2, 0.25) is 0 Å². The van der Waals surface area contributed by atoms with Gasteiger partial charge in [0.05, 0.1) is 6.26 Å². The molecule has 4 heteroatoms. The number of nitrogens with zero attached hydrogens (tertiary/aromatic N) is 1. The molecule has 0 aliphatic heterocycles. The summed E-state index contributed by atoms with van der Waals surface area (Å²) in [4.78, 5) is 0. The van der Waals surface area contributed by atoms with Gasteiger partial charge in [-0.25, -0.2) is 12.7 Å². The van der Waals surface area contributed by atoms with Gasteiger partial charge in [-0.3, -0.25) is 0 Å². The highest BCUT2D eigenvalue weighted by molar-refractivity contribution is 7.88. The Kier molecular flexibility index (Phi) is 4.03. The SMILES string of the molecule is CN(C(C(C)(C)C)C(C)(C)C)S(C)(=O)=O. The molecule has 0 N–H and O–H groups in total. The molecule has 0 amide bonds. The Bertz CT molecular complexity index is 292. The molecule has 0 spiro atoms. The standard InChI is InChI=1S/C11H25NO2S/c1-10(2,3)9(11(4,5)6)12(7)15(8,13)14/h9H,1-8H3. The van der Waals surface area contributed by atoms with Crippen LogP contribution >= 0.6 is 0 Å². The minimum Gasteiger partial charge on any atom is -0.213 e. The fourth-order valence-corrected chi connectivity index (χ4v) is 3.60. The molecule has 0 aliphatic carbocycles. The summed E-state index contributed by atoms with van der Waals surface area (Å²) in [7, 11) is -1.47. The molecule has 0 radical (unpaired) electrons. The summed E-state index contributed by atoms with van der Waals surface area (Å²) < 4.78 is 24.7. The molecule has 0 atom stereocenters. The van der Waals surface area contributed by atoms with Crippen LogP contribution in [0, 0.1) is 10.8 Å². The zero-order valence-electron chi connectivity index (χ0n) is 11.2. The fraction of sp³-hybridized carbons (Fsp3) is 1.00. The lowest BCUT2D eigenvalue weighted by molar-refractivity contribution is 0.0873. The molecule has 0 heterocycles. The van der Waals surface area contributed by atoms with E-state index in [0.29, 0.717) is 0 Å². The lowest BCUT2D eigenvalue weighted by Gasteiger charge is -2.45. The molecule has 92 valence electrons. The average Bonchev–Trinajstić information content (AvgIpc) is 1.76. The first kappa shape index (κ1) is 14.9. The molecule has 0 bridgehead atoms. The Morgan fingerprint density at radius 2 is 1.20 bits per heavy atom. The predicted molar refractivity (Wildman–Crippen MR) is 65.3 cm³/mol. The van der Waals surface area contributed by atoms with Gasteiger partial charge in [0.2, 0.25) is 10.0 Å². The molecule has 0 aliphatic rings. The van der Waals surface area contributed by atoms with Gasteiger partial charge in [-0.15, -0.1) is 0 Å². The molecule has 0 unspecified atom stereocenters. The van der Waals surface area contributed by atoms with E-state index in [2.05, 4.69) is 41.5 Å². The van der Waals surface area contributed by atoms with Crippen molar-refractivity contribution >= 4 is 10.0 Å². The van der Waals surface area contributed by atoms with Crippen molar-refractivity contribution in [2.75, 3.05) is 13.3 Å². The molecular weight excluding hydrogens is 210 g/mol. The van der Waals surface area contributed by atoms with Crippen molar-refractivity contribution in [1.82, 2.24) is 4.31 Å². The molecule has 0 rings (SSSR count). The van der Waals surface area contributed by atoms with E-state index in [9.17, 15) is 8.42 Å². The summed E-state index contributed by atoms with van der Waals surface area (Å²) in [6, 6.07) is -0.0139. The topological polar surface area (TPSA) is 37.4 Å². The van der Waals surface area contributed by atoms with Crippen molar-refractivity contribution in [3.8, 4) is 0 Å². The van der Waals surface area contributed by atoms with Crippen LogP contribution in [0.25, 0.3) is 0 Å². The number of sulfonamides is 1. The Hall–Kier alpha value is -0.0900. The minimum atomic E-state index is -3.14. The van der Waals surface area contributed by atoms with Crippen LogP contribution in [0.4, 0.5) is 0 Å². The zero-order valence-corrected chi connectivity index (χ0v) is 12.1. The van der Waals surface area contributed by atoms with Crippen LogP contribution in [0.1, 0.15) is 41.5 Å². The van der Waals surface area contributed by atoms with E-state index in [1.807, 2.05) is 0 Å². The van der Waals surface area contributed by atoms with Gasteiger partial charge in [-0.05, 0) is 10.8 Å². The van der Waals surface area contributed by atoms with Crippen LogP contribution in [0.15, 0.2) is 0 Å². The quantitative estimate of drug-likeness (QED) is 0.736. The summed E-state index contributed by atoms with van der Waals surface area (Å²) in [5.41, 5.74) is -0.147. The molecule has 0 aromatic carbocycles. The van der Waals surface area contributed by atoms with E-state index in [1.165, 1.54) is 10.6 Å². The highest BCUT2D eigenvalue weighted by Crippen LogP contribution is 2.37. The Labute approximate surface area is 94.9 Å². The molecule has 0 saturated carbocycles. The second-order valence-electron chi connectivity index (χ2n) is 6.41. The lowest BCUT2D eigenvalue weighted by Crippen LogP contribution is -2.51. The highest BCUT2D eigenvalue weighted by Gasteiger charge is 2.40. The van der Waals surface area contributed by atoms with Crippen LogP contribution < -0.4 is 0 Å². The minimum absolute atomic E-state index is 0.0139. The molecule has 0 aromatic rings. The van der Waals surface area contributed by atoms with Gasteiger partial charge in [-0.2, -0.15) is 0 Å². The van der Waals surface area contributed by atoms with Crippen LogP contribution in [-0.2, 0) is 10.0 Å². The van der Waals surface area contributed by atoms with Crippen molar-refractivity contribution in [3.63, 3.8) is 0 Å². The van der Waals surface area contributed by atoms with Crippen LogP contribution in [0.3, 0.4) is 0 Å². The first-order valence-corrected chi connectivity index (χ1v) is 7.06. The molecule has 15 heavy (non-hydrogen) atoms. The van der Waals surface area contributed by atoms with Gasteiger partial charge in [0.15, 0.2) is 0 Å². The Morgan fingerprint density at radius 3 is 1.27 bits per heavy atom. The maximum absolute atomic E-state index is 11.6. The lowest BCUT2D eigenvalue weighted by atomic mass is 9.72. The van der Waals surface area contributed by atoms with Crippen molar-refractivity contribution in [2.24, 2.45) is 10.8 Å². The van der Waals surface area contributed by atoms with Crippen molar-refractivity contribution in [1.29, 1.82) is 0 Å². The van der Waals surface area contributed by atoms with E-state index in [-0.39, 0.29) is 16.9 Å². The van der Waals surface area contributed by atoms with Gasteiger partial charge in [0.25, 0.3) is 0 Å². The van der Waals surface area contributed by atoms with E-state index >= 15 is 0 Å². The summed E-state index contributed by atoms with van der Waals surface area (Å²) in [6.07, 6.45) is 1.26. The van der Waals surface area contributed by atoms with E-state index in [1.54, 1.807) is 7.05 Å². The van der Waals surface area contributed by atoms with Gasteiger partial charge in [0.1, 0.15) is 0 Å². The van der Waals surface area contributed by atoms with Gasteiger partial charge < -0.3 is 0 Å². The number of rotatable bonds is 2. The molecule has 3 nitrogen and oxygen atoms in total. The highest BCUT2D eigenvalue weighted by atomic mass is 32.2. The monoisotopic (exact) mass is 235 g/mol. The Morgan fingerprint density at radius 1 is 0.933 bits per heavy atom. The van der Waals surface area contributed by atoms with Crippen molar-refractivity contribution < 1.29 is 8.42 Å². The fourth-order valence-electron chi connectivity index (χ4n) is 2.58. The number of hydrogen-bond acceptors (Lipinski definition) is 2. The van der Waals surface area contributed by atoms with Crippen molar-refractivity contribution in [2.45, 2.75) is 47.6 Å². The van der Waals surface area contributed by atoms with E-state index in [4.69, 9.17) is 0 Å². The number of hydrogen-bond donors (Lipinski definition) is 0. The maximum atomic E-state index is 11.6. The van der Waals surface area contributed by atoms with Gasteiger partial charge in [0, 0.05) is 13.1 Å². The van der Waals surface area contributed by atoms with Crippen molar-refractivity contribution in [3.05, 3.63) is 0 Å². The first-order valence-electron chi connectivity index (χ1n) is 5.21. The van der Waals surface area contributed by atoms with Crippen LogP contribution in [0.5, 0.6) is 0 Å². The third kappa shape index (κ3) is 4.11. The third-order valence-electron chi connectivity index (χ3n) is 2.53. The predicted octanol–water partition coefficient (Wildman–Crippen LogP) is 2.34. The van der Waals surface area contributed by atoms with Gasteiger partial charge in [-0.1, -0.05) is 41.5 Å². The summed E-state index contributed by atoms with van der Waals surface area (Å²) in [6.45, 7) is 12.4. The smallest absolute Gasteiger partial charge is 0.211 e. The summed E-state index contributed by atoms with van der Waals surface area (Å²) in [5, 5.41) is 0. The van der Waals surface area contributed by atoms with Gasteiger partial charge >= 0.3 is 0 Å². The summed E-state index contributed by atoms with van der Waals surface area (Å²) in [5.74, 6) is 0. The molecular formula is C11H25NO2S. The zero-order chi connectivity index (χ0) is 12.7. The maximum Gasteiger partial charge on any atom is 0.211 e. The van der Waals surface area contributed by atoms with Crippen LogP contribution in [-0.4, -0.2) is 32.1 Å². The Balaban J connectivity index is 5.35. The largest absolute Gasteiger partial charge is 0.213 e.